The van der Waals surface area contributed by atoms with Crippen molar-refractivity contribution in [1.82, 2.24) is 4.98 Å². The number of aromatic nitrogens is 1. The average molecular weight is 384 g/mol. The number of pyridine rings is 1. The first kappa shape index (κ1) is 21.6. The van der Waals surface area contributed by atoms with Crippen LogP contribution in [0.3, 0.4) is 0 Å². The first-order chi connectivity index (χ1) is 12.0. The third-order valence-corrected chi connectivity index (χ3v) is 3.40. The van der Waals surface area contributed by atoms with Gasteiger partial charge in [-0.1, -0.05) is 0 Å². The molecular formula is C15H17F5N2O4. The van der Waals surface area contributed by atoms with Gasteiger partial charge in [0.05, 0.1) is 19.4 Å². The maximum Gasteiger partial charge on any atom is 0.434 e. The molecule has 0 aliphatic heterocycles. The van der Waals surface area contributed by atoms with Crippen molar-refractivity contribution in [2.75, 3.05) is 32.2 Å². The molecule has 0 aromatic carbocycles. The molecular weight excluding hydrogens is 367 g/mol. The van der Waals surface area contributed by atoms with Crippen LogP contribution in [-0.2, 0) is 15.7 Å². The van der Waals surface area contributed by atoms with Crippen molar-refractivity contribution in [3.63, 3.8) is 0 Å². The lowest BCUT2D eigenvalue weighted by Gasteiger charge is -2.26. The van der Waals surface area contributed by atoms with E-state index in [9.17, 15) is 31.5 Å². The summed E-state index contributed by atoms with van der Waals surface area (Å²) in [5.74, 6) is -2.78. The van der Waals surface area contributed by atoms with Crippen LogP contribution in [0, 0.1) is 0 Å². The van der Waals surface area contributed by atoms with Gasteiger partial charge in [-0.05, 0) is 13.8 Å². The summed E-state index contributed by atoms with van der Waals surface area (Å²) in [4.78, 5) is 28.1. The highest BCUT2D eigenvalue weighted by Gasteiger charge is 2.44. The minimum absolute atomic E-state index is 0.000385. The van der Waals surface area contributed by atoms with E-state index < -0.39 is 52.7 Å². The number of nitrogens with zero attached hydrogens (tertiary/aromatic N) is 2. The van der Waals surface area contributed by atoms with Crippen LogP contribution in [0.4, 0.5) is 27.6 Å². The summed E-state index contributed by atoms with van der Waals surface area (Å²) >= 11 is 0. The molecule has 1 aromatic rings. The molecule has 0 fully saturated rings. The number of esters is 2. The second-order valence-electron chi connectivity index (χ2n) is 4.97. The van der Waals surface area contributed by atoms with Crippen molar-refractivity contribution in [2.24, 2.45) is 0 Å². The Morgan fingerprint density at radius 1 is 1.15 bits per heavy atom. The van der Waals surface area contributed by atoms with Gasteiger partial charge in [0.25, 0.3) is 6.43 Å². The Hall–Kier alpha value is -2.46. The summed E-state index contributed by atoms with van der Waals surface area (Å²) in [5, 5.41) is 0. The molecule has 0 saturated heterocycles. The van der Waals surface area contributed by atoms with Crippen molar-refractivity contribution >= 4 is 17.6 Å². The normalized spacial score (nSPS) is 11.5. The highest BCUT2D eigenvalue weighted by molar-refractivity contribution is 6.06. The van der Waals surface area contributed by atoms with Crippen LogP contribution in [-0.4, -0.2) is 44.2 Å². The second kappa shape index (κ2) is 8.28. The summed E-state index contributed by atoms with van der Waals surface area (Å²) in [6, 6.07) is 0. The first-order valence-electron chi connectivity index (χ1n) is 7.40. The predicted molar refractivity (Wildman–Crippen MR) is 80.4 cm³/mol. The molecule has 0 radical (unpaired) electrons. The van der Waals surface area contributed by atoms with Crippen molar-refractivity contribution in [1.29, 1.82) is 0 Å². The Morgan fingerprint density at radius 2 is 1.73 bits per heavy atom. The molecule has 6 nitrogen and oxygen atoms in total. The van der Waals surface area contributed by atoms with E-state index >= 15 is 0 Å². The smallest absolute Gasteiger partial charge is 0.434 e. The number of ether oxygens (including phenoxy) is 2. The number of methoxy groups -OCH3 is 1. The quantitative estimate of drug-likeness (QED) is 0.553. The second-order valence-corrected chi connectivity index (χ2v) is 4.97. The summed E-state index contributed by atoms with van der Waals surface area (Å²) in [5.41, 5.74) is -5.98. The van der Waals surface area contributed by atoms with Crippen LogP contribution in [0.1, 0.15) is 52.4 Å². The fourth-order valence-electron chi connectivity index (χ4n) is 2.19. The van der Waals surface area contributed by atoms with Crippen LogP contribution < -0.4 is 4.90 Å². The van der Waals surface area contributed by atoms with Gasteiger partial charge in [0.1, 0.15) is 16.8 Å². The highest BCUT2D eigenvalue weighted by Crippen LogP contribution is 2.40. The molecule has 0 bridgehead atoms. The molecule has 11 heteroatoms. The molecule has 0 aliphatic carbocycles. The summed E-state index contributed by atoms with van der Waals surface area (Å²) in [6.07, 6.45) is -8.74. The number of halogens is 5. The molecule has 146 valence electrons. The van der Waals surface area contributed by atoms with E-state index in [0.29, 0.717) is 0 Å². The van der Waals surface area contributed by atoms with Crippen LogP contribution in [0.15, 0.2) is 0 Å². The Morgan fingerprint density at radius 3 is 2.12 bits per heavy atom. The van der Waals surface area contributed by atoms with Crippen molar-refractivity contribution in [3.05, 3.63) is 22.5 Å². The first-order valence-corrected chi connectivity index (χ1v) is 7.40. The minimum atomic E-state index is -5.23. The molecule has 0 atom stereocenters. The molecule has 1 aromatic heterocycles. The fourth-order valence-corrected chi connectivity index (χ4v) is 2.19. The molecule has 1 heterocycles. The molecule has 0 unspecified atom stereocenters. The molecule has 0 aliphatic rings. The van der Waals surface area contributed by atoms with Crippen LogP contribution in [0.25, 0.3) is 0 Å². The average Bonchev–Trinajstić information content (AvgIpc) is 2.57. The maximum atomic E-state index is 13.4. The standard InChI is InChI=1S/C15H17F5N2O4/c1-5-22(3)10-7(13(23)25-4)9(12(16)17)21-11(15(18,19)20)8(10)14(24)26-6-2/h12H,5-6H2,1-4H3. The predicted octanol–water partition coefficient (Wildman–Crippen LogP) is 3.46. The third kappa shape index (κ3) is 4.20. The Kier molecular flexibility index (Phi) is 6.87. The van der Waals surface area contributed by atoms with E-state index in [4.69, 9.17) is 0 Å². The summed E-state index contributed by atoms with van der Waals surface area (Å²) in [6.45, 7) is 2.58. The van der Waals surface area contributed by atoms with Gasteiger partial charge in [-0.2, -0.15) is 13.2 Å². The SMILES string of the molecule is CCOC(=O)c1c(C(F)(F)F)nc(C(F)F)c(C(=O)OC)c1N(C)CC. The van der Waals surface area contributed by atoms with Gasteiger partial charge in [0.15, 0.2) is 5.69 Å². The molecule has 0 spiro atoms. The van der Waals surface area contributed by atoms with E-state index in [0.717, 1.165) is 12.0 Å². The number of alkyl halides is 5. The van der Waals surface area contributed by atoms with Gasteiger partial charge < -0.3 is 14.4 Å². The topological polar surface area (TPSA) is 68.7 Å². The van der Waals surface area contributed by atoms with Crippen LogP contribution >= 0.6 is 0 Å². The lowest BCUT2D eigenvalue weighted by molar-refractivity contribution is -0.142. The number of hydrogen-bond donors (Lipinski definition) is 0. The van der Waals surface area contributed by atoms with E-state index in [1.165, 1.54) is 20.9 Å². The highest BCUT2D eigenvalue weighted by atomic mass is 19.4. The zero-order chi connectivity index (χ0) is 20.2. The molecule has 0 N–H and O–H groups in total. The number of carbonyl (C=O) groups is 2. The van der Waals surface area contributed by atoms with E-state index in [1.54, 1.807) is 0 Å². The van der Waals surface area contributed by atoms with Crippen molar-refractivity contribution < 1.29 is 41.0 Å². The van der Waals surface area contributed by atoms with Gasteiger partial charge in [-0.25, -0.2) is 23.4 Å². The number of rotatable bonds is 6. The molecule has 0 amide bonds. The largest absolute Gasteiger partial charge is 0.465 e. The summed E-state index contributed by atoms with van der Waals surface area (Å²) < 4.78 is 75.9. The monoisotopic (exact) mass is 384 g/mol. The molecule has 1 rings (SSSR count). The van der Waals surface area contributed by atoms with Gasteiger partial charge in [-0.3, -0.25) is 0 Å². The Labute approximate surface area is 145 Å². The van der Waals surface area contributed by atoms with Gasteiger partial charge in [0.2, 0.25) is 0 Å². The Bertz CT molecular complexity index is 692. The van der Waals surface area contributed by atoms with Crippen LogP contribution in [0.2, 0.25) is 0 Å². The number of anilines is 1. The molecule has 26 heavy (non-hydrogen) atoms. The minimum Gasteiger partial charge on any atom is -0.465 e. The fraction of sp³-hybridized carbons (Fsp3) is 0.533. The third-order valence-electron chi connectivity index (χ3n) is 3.40. The molecule has 0 saturated carbocycles. The van der Waals surface area contributed by atoms with E-state index in [2.05, 4.69) is 14.5 Å². The maximum absolute atomic E-state index is 13.4. The zero-order valence-corrected chi connectivity index (χ0v) is 14.4. The van der Waals surface area contributed by atoms with E-state index in [-0.39, 0.29) is 13.2 Å². The van der Waals surface area contributed by atoms with E-state index in [1.807, 2.05) is 0 Å². The number of hydrogen-bond acceptors (Lipinski definition) is 6. The summed E-state index contributed by atoms with van der Waals surface area (Å²) in [7, 11) is 2.11. The van der Waals surface area contributed by atoms with Crippen molar-refractivity contribution in [3.8, 4) is 0 Å². The van der Waals surface area contributed by atoms with Gasteiger partial charge >= 0.3 is 18.1 Å². The van der Waals surface area contributed by atoms with Crippen molar-refractivity contribution in [2.45, 2.75) is 26.4 Å². The van der Waals surface area contributed by atoms with Gasteiger partial charge in [-0.15, -0.1) is 0 Å². The Balaban J connectivity index is 4.11. The van der Waals surface area contributed by atoms with Crippen LogP contribution in [0.5, 0.6) is 0 Å². The zero-order valence-electron chi connectivity index (χ0n) is 14.4. The lowest BCUT2D eigenvalue weighted by Crippen LogP contribution is -2.29. The van der Waals surface area contributed by atoms with Gasteiger partial charge in [0, 0.05) is 13.6 Å². The lowest BCUT2D eigenvalue weighted by atomic mass is 10.0. The number of carbonyl (C=O) groups excluding carboxylic acids is 2.